The van der Waals surface area contributed by atoms with Crippen molar-refractivity contribution in [3.63, 3.8) is 0 Å². The fraction of sp³-hybridized carbons (Fsp3) is 0.214. The Labute approximate surface area is 102 Å². The third kappa shape index (κ3) is 2.90. The van der Waals surface area contributed by atoms with E-state index >= 15 is 0 Å². The van der Waals surface area contributed by atoms with Gasteiger partial charge in [0.2, 0.25) is 0 Å². The van der Waals surface area contributed by atoms with Gasteiger partial charge in [-0.1, -0.05) is 24.3 Å². The number of hydrogen-bond acceptors (Lipinski definition) is 3. The van der Waals surface area contributed by atoms with Crippen LogP contribution in [0.5, 0.6) is 0 Å². The second-order valence-corrected chi connectivity index (χ2v) is 3.75. The van der Waals surface area contributed by atoms with Crippen LogP contribution in [0, 0.1) is 6.07 Å². The molecule has 1 radical (unpaired) electrons. The van der Waals surface area contributed by atoms with Gasteiger partial charge in [0.25, 0.3) is 0 Å². The van der Waals surface area contributed by atoms with Crippen LogP contribution >= 0.6 is 0 Å². The average Bonchev–Trinajstić information content (AvgIpc) is 2.40. The molecule has 1 aromatic heterocycles. The van der Waals surface area contributed by atoms with E-state index in [1.807, 2.05) is 37.4 Å². The lowest BCUT2D eigenvalue weighted by Crippen LogP contribution is -2.16. The molecule has 3 heteroatoms. The van der Waals surface area contributed by atoms with E-state index in [9.17, 15) is 0 Å². The highest BCUT2D eigenvalue weighted by atomic mass is 16.7. The summed E-state index contributed by atoms with van der Waals surface area (Å²) in [6.45, 7) is 0.684. The first kappa shape index (κ1) is 11.8. The van der Waals surface area contributed by atoms with Crippen LogP contribution in [0.25, 0.3) is 11.3 Å². The molecule has 0 aliphatic heterocycles. The summed E-state index contributed by atoms with van der Waals surface area (Å²) in [7, 11) is 3.55. The van der Waals surface area contributed by atoms with Crippen LogP contribution in [0.2, 0.25) is 0 Å². The summed E-state index contributed by atoms with van der Waals surface area (Å²) in [5.41, 5.74) is 3.14. The lowest BCUT2D eigenvalue weighted by atomic mass is 10.0. The number of hydrogen-bond donors (Lipinski definition) is 0. The van der Waals surface area contributed by atoms with Crippen molar-refractivity contribution < 1.29 is 4.84 Å². The zero-order valence-electron chi connectivity index (χ0n) is 10.1. The quantitative estimate of drug-likeness (QED) is 0.750. The third-order valence-electron chi connectivity index (χ3n) is 2.58. The Morgan fingerprint density at radius 2 is 2.18 bits per heavy atom. The standard InChI is InChI=1S/C14H15N2O/c1-16(17-2)11-12-7-3-4-8-13(12)14-9-5-6-10-15-14/h3-6,8-10H,11H2,1-2H3. The van der Waals surface area contributed by atoms with Crippen molar-refractivity contribution in [1.82, 2.24) is 10.0 Å². The topological polar surface area (TPSA) is 25.4 Å². The molecule has 0 atom stereocenters. The number of pyridine rings is 1. The fourth-order valence-corrected chi connectivity index (χ4v) is 1.65. The largest absolute Gasteiger partial charge is 0.302 e. The van der Waals surface area contributed by atoms with Gasteiger partial charge in [0, 0.05) is 18.8 Å². The summed E-state index contributed by atoms with van der Waals surface area (Å²) in [6.07, 6.45) is 1.80. The minimum absolute atomic E-state index is 0.684. The number of rotatable bonds is 4. The van der Waals surface area contributed by atoms with E-state index in [1.54, 1.807) is 18.4 Å². The van der Waals surface area contributed by atoms with Crippen LogP contribution in [-0.2, 0) is 11.4 Å². The third-order valence-corrected chi connectivity index (χ3v) is 2.58. The molecule has 0 spiro atoms. The molecule has 0 unspecified atom stereocenters. The van der Waals surface area contributed by atoms with Gasteiger partial charge in [0.1, 0.15) is 0 Å². The summed E-state index contributed by atoms with van der Waals surface area (Å²) in [4.78, 5) is 9.50. The maximum atomic E-state index is 5.14. The average molecular weight is 227 g/mol. The summed E-state index contributed by atoms with van der Waals surface area (Å²) >= 11 is 0. The molecule has 0 fully saturated rings. The first-order chi connectivity index (χ1) is 8.31. The molecule has 17 heavy (non-hydrogen) atoms. The molecule has 0 N–H and O–H groups in total. The maximum absolute atomic E-state index is 5.14. The normalized spacial score (nSPS) is 10.8. The molecule has 2 aromatic rings. The zero-order chi connectivity index (χ0) is 12.1. The molecule has 87 valence electrons. The van der Waals surface area contributed by atoms with E-state index in [0.717, 1.165) is 16.8 Å². The van der Waals surface area contributed by atoms with Crippen LogP contribution in [0.4, 0.5) is 0 Å². The lowest BCUT2D eigenvalue weighted by molar-refractivity contribution is -0.116. The monoisotopic (exact) mass is 227 g/mol. The second-order valence-electron chi connectivity index (χ2n) is 3.75. The van der Waals surface area contributed by atoms with E-state index in [-0.39, 0.29) is 0 Å². The molecule has 1 aromatic carbocycles. The van der Waals surface area contributed by atoms with Gasteiger partial charge in [-0.3, -0.25) is 4.98 Å². The van der Waals surface area contributed by atoms with Crippen molar-refractivity contribution in [3.05, 3.63) is 54.2 Å². The predicted molar refractivity (Wildman–Crippen MR) is 67.0 cm³/mol. The molecule has 2 rings (SSSR count). The molecule has 0 saturated carbocycles. The Hall–Kier alpha value is -1.71. The van der Waals surface area contributed by atoms with Gasteiger partial charge < -0.3 is 4.84 Å². The molecule has 0 amide bonds. The second kappa shape index (κ2) is 5.57. The smallest absolute Gasteiger partial charge is 0.0705 e. The van der Waals surface area contributed by atoms with E-state index in [2.05, 4.69) is 17.1 Å². The molecular formula is C14H15N2O. The predicted octanol–water partition coefficient (Wildman–Crippen LogP) is 2.54. The highest BCUT2D eigenvalue weighted by molar-refractivity contribution is 5.62. The first-order valence-electron chi connectivity index (χ1n) is 5.47. The Kier molecular flexibility index (Phi) is 3.85. The molecular weight excluding hydrogens is 212 g/mol. The van der Waals surface area contributed by atoms with Crippen LogP contribution in [0.15, 0.2) is 42.6 Å². The fourth-order valence-electron chi connectivity index (χ4n) is 1.65. The summed E-state index contributed by atoms with van der Waals surface area (Å²) in [5.74, 6) is 0. The number of hydroxylamine groups is 2. The maximum Gasteiger partial charge on any atom is 0.0705 e. The van der Waals surface area contributed by atoms with Crippen molar-refractivity contribution >= 4 is 0 Å². The van der Waals surface area contributed by atoms with Crippen LogP contribution in [0.3, 0.4) is 0 Å². The van der Waals surface area contributed by atoms with Crippen LogP contribution in [0.1, 0.15) is 5.56 Å². The van der Waals surface area contributed by atoms with Gasteiger partial charge in [-0.2, -0.15) is 5.06 Å². The van der Waals surface area contributed by atoms with Gasteiger partial charge in [-0.15, -0.1) is 0 Å². The highest BCUT2D eigenvalue weighted by Gasteiger charge is 2.07. The molecule has 0 aliphatic carbocycles. The van der Waals surface area contributed by atoms with E-state index in [1.165, 1.54) is 0 Å². The number of nitrogens with zero attached hydrogens (tertiary/aromatic N) is 2. The van der Waals surface area contributed by atoms with E-state index in [0.29, 0.717) is 6.54 Å². The molecule has 3 nitrogen and oxygen atoms in total. The Bertz CT molecular complexity index is 471. The molecule has 0 bridgehead atoms. The summed E-state index contributed by atoms with van der Waals surface area (Å²) in [5, 5.41) is 1.76. The van der Waals surface area contributed by atoms with Crippen molar-refractivity contribution in [2.75, 3.05) is 14.2 Å². The van der Waals surface area contributed by atoms with Gasteiger partial charge in [-0.05, 0) is 23.8 Å². The Morgan fingerprint density at radius 1 is 1.29 bits per heavy atom. The molecule has 1 heterocycles. The van der Waals surface area contributed by atoms with Gasteiger partial charge in [-0.25, -0.2) is 0 Å². The Balaban J connectivity index is 2.34. The minimum Gasteiger partial charge on any atom is -0.302 e. The zero-order valence-corrected chi connectivity index (χ0v) is 10.1. The van der Waals surface area contributed by atoms with E-state index in [4.69, 9.17) is 4.84 Å². The van der Waals surface area contributed by atoms with Crippen molar-refractivity contribution in [2.24, 2.45) is 0 Å². The SMILES string of the molecule is CON(C)Cc1[c]cccc1-c1ccccn1. The lowest BCUT2D eigenvalue weighted by Gasteiger charge is -2.15. The minimum atomic E-state index is 0.684. The van der Waals surface area contributed by atoms with E-state index < -0.39 is 0 Å². The van der Waals surface area contributed by atoms with Crippen molar-refractivity contribution in [2.45, 2.75) is 6.54 Å². The molecule has 0 aliphatic rings. The Morgan fingerprint density at radius 3 is 2.88 bits per heavy atom. The molecule has 0 saturated heterocycles. The summed E-state index contributed by atoms with van der Waals surface area (Å²) in [6, 6.07) is 15.1. The summed E-state index contributed by atoms with van der Waals surface area (Å²) < 4.78 is 0. The van der Waals surface area contributed by atoms with Gasteiger partial charge in [0.15, 0.2) is 0 Å². The van der Waals surface area contributed by atoms with Crippen LogP contribution < -0.4 is 0 Å². The van der Waals surface area contributed by atoms with Gasteiger partial charge >= 0.3 is 0 Å². The first-order valence-corrected chi connectivity index (χ1v) is 5.47. The van der Waals surface area contributed by atoms with Crippen molar-refractivity contribution in [1.29, 1.82) is 0 Å². The van der Waals surface area contributed by atoms with Gasteiger partial charge in [0.05, 0.1) is 19.3 Å². The van der Waals surface area contributed by atoms with Crippen molar-refractivity contribution in [3.8, 4) is 11.3 Å². The number of benzene rings is 1. The number of aromatic nitrogens is 1. The van der Waals surface area contributed by atoms with Crippen LogP contribution in [-0.4, -0.2) is 24.2 Å². The highest BCUT2D eigenvalue weighted by Crippen LogP contribution is 2.21.